The second-order valence-corrected chi connectivity index (χ2v) is 4.91. The Morgan fingerprint density at radius 1 is 1.05 bits per heavy atom. The van der Waals surface area contributed by atoms with E-state index in [0.717, 1.165) is 0 Å². The number of aliphatic carboxylic acids is 1. The molecule has 110 valence electrons. The van der Waals surface area contributed by atoms with E-state index in [2.05, 4.69) is 5.32 Å². The highest BCUT2D eigenvalue weighted by atomic mass is 16.4. The Balaban J connectivity index is 2.08. The van der Waals surface area contributed by atoms with Gasteiger partial charge in [-0.05, 0) is 37.1 Å². The van der Waals surface area contributed by atoms with Crippen LogP contribution in [0.2, 0.25) is 0 Å². The number of nitrogens with one attached hydrogen (secondary N) is 1. The lowest BCUT2D eigenvalue weighted by atomic mass is 9.82. The molecule has 0 radical (unpaired) electrons. The molecule has 0 aromatic heterocycles. The summed E-state index contributed by atoms with van der Waals surface area (Å²) in [6.07, 6.45) is 4.19. The summed E-state index contributed by atoms with van der Waals surface area (Å²) >= 11 is 0. The summed E-state index contributed by atoms with van der Waals surface area (Å²) in [5.41, 5.74) is 5.94. The third-order valence-electron chi connectivity index (χ3n) is 3.51. The van der Waals surface area contributed by atoms with Crippen molar-refractivity contribution in [3.05, 3.63) is 42.0 Å². The summed E-state index contributed by atoms with van der Waals surface area (Å²) in [4.78, 5) is 34.2. The molecule has 6 heteroatoms. The quantitative estimate of drug-likeness (QED) is 0.762. The molecule has 0 saturated carbocycles. The molecule has 0 unspecified atom stereocenters. The average Bonchev–Trinajstić information content (AvgIpc) is 2.47. The molecular weight excluding hydrogens is 272 g/mol. The minimum Gasteiger partial charge on any atom is -0.550 e. The van der Waals surface area contributed by atoms with E-state index in [-0.39, 0.29) is 5.91 Å². The minimum atomic E-state index is -1.22. The van der Waals surface area contributed by atoms with Crippen LogP contribution in [-0.4, -0.2) is 17.8 Å². The Kier molecular flexibility index (Phi) is 4.37. The van der Waals surface area contributed by atoms with Gasteiger partial charge in [-0.15, -0.1) is 0 Å². The predicted octanol–water partition coefficient (Wildman–Crippen LogP) is 0.0563. The Bertz CT molecular complexity index is 592. The summed E-state index contributed by atoms with van der Waals surface area (Å²) in [5.74, 6) is -3.62. The summed E-state index contributed by atoms with van der Waals surface area (Å²) < 4.78 is 0. The van der Waals surface area contributed by atoms with E-state index >= 15 is 0 Å². The van der Waals surface area contributed by atoms with Gasteiger partial charge in [0.15, 0.2) is 0 Å². The molecule has 0 bridgehead atoms. The van der Waals surface area contributed by atoms with E-state index in [4.69, 9.17) is 5.73 Å². The number of carboxylic acid groups (broad SMARTS) is 1. The number of carbonyl (C=O) groups is 3. The number of anilines is 1. The fourth-order valence-corrected chi connectivity index (χ4v) is 2.32. The molecule has 2 amide bonds. The zero-order chi connectivity index (χ0) is 15.4. The Hall–Kier alpha value is -2.63. The van der Waals surface area contributed by atoms with Crippen molar-refractivity contribution in [1.82, 2.24) is 0 Å². The third-order valence-corrected chi connectivity index (χ3v) is 3.51. The topological polar surface area (TPSA) is 112 Å². The van der Waals surface area contributed by atoms with Gasteiger partial charge >= 0.3 is 0 Å². The fourth-order valence-electron chi connectivity index (χ4n) is 2.32. The van der Waals surface area contributed by atoms with Crippen LogP contribution >= 0.6 is 0 Å². The Labute approximate surface area is 121 Å². The molecule has 0 spiro atoms. The molecule has 0 heterocycles. The van der Waals surface area contributed by atoms with E-state index in [0.29, 0.717) is 24.1 Å². The van der Waals surface area contributed by atoms with Crippen LogP contribution in [0.5, 0.6) is 0 Å². The third kappa shape index (κ3) is 3.47. The first-order valence-electron chi connectivity index (χ1n) is 6.55. The monoisotopic (exact) mass is 287 g/mol. The number of carbonyl (C=O) groups excluding carboxylic acids is 3. The molecule has 3 N–H and O–H groups in total. The minimum absolute atomic E-state index is 0.293. The van der Waals surface area contributed by atoms with Crippen molar-refractivity contribution in [3.8, 4) is 0 Å². The molecule has 0 fully saturated rings. The number of primary amides is 1. The summed E-state index contributed by atoms with van der Waals surface area (Å²) in [7, 11) is 0. The number of nitrogens with two attached hydrogens (primary N) is 1. The molecule has 0 aliphatic heterocycles. The molecular formula is C15H15N2O4-. The Morgan fingerprint density at radius 3 is 2.14 bits per heavy atom. The van der Waals surface area contributed by atoms with Crippen molar-refractivity contribution in [1.29, 1.82) is 0 Å². The highest BCUT2D eigenvalue weighted by molar-refractivity contribution is 5.96. The van der Waals surface area contributed by atoms with Crippen LogP contribution in [-0.2, 0) is 9.59 Å². The maximum Gasteiger partial charge on any atom is 0.248 e. The smallest absolute Gasteiger partial charge is 0.248 e. The van der Waals surface area contributed by atoms with Gasteiger partial charge in [-0.3, -0.25) is 9.59 Å². The summed E-state index contributed by atoms with van der Waals surface area (Å²) in [5, 5.41) is 13.7. The normalized spacial score (nSPS) is 20.8. The van der Waals surface area contributed by atoms with Gasteiger partial charge in [-0.2, -0.15) is 0 Å². The zero-order valence-electron chi connectivity index (χ0n) is 11.2. The first kappa shape index (κ1) is 14.8. The molecule has 1 aliphatic rings. The van der Waals surface area contributed by atoms with Crippen molar-refractivity contribution < 1.29 is 19.5 Å². The predicted molar refractivity (Wildman–Crippen MR) is 74.0 cm³/mol. The van der Waals surface area contributed by atoms with Crippen LogP contribution in [0, 0.1) is 11.8 Å². The van der Waals surface area contributed by atoms with E-state index in [9.17, 15) is 19.5 Å². The molecule has 2 rings (SSSR count). The van der Waals surface area contributed by atoms with Crippen molar-refractivity contribution in [3.63, 3.8) is 0 Å². The van der Waals surface area contributed by atoms with E-state index in [1.54, 1.807) is 24.3 Å². The van der Waals surface area contributed by atoms with Gasteiger partial charge in [0.2, 0.25) is 11.8 Å². The molecule has 1 aromatic rings. The van der Waals surface area contributed by atoms with Crippen LogP contribution in [0.25, 0.3) is 0 Å². The molecule has 2 atom stereocenters. The van der Waals surface area contributed by atoms with Crippen LogP contribution in [0.3, 0.4) is 0 Å². The number of hydrogen-bond donors (Lipinski definition) is 2. The fraction of sp³-hybridized carbons (Fsp3) is 0.267. The molecule has 21 heavy (non-hydrogen) atoms. The van der Waals surface area contributed by atoms with Crippen LogP contribution in [0.15, 0.2) is 36.4 Å². The maximum absolute atomic E-state index is 12.2. The molecule has 6 nitrogen and oxygen atoms in total. The van der Waals surface area contributed by atoms with E-state index < -0.39 is 23.7 Å². The Morgan fingerprint density at radius 2 is 1.62 bits per heavy atom. The number of amides is 2. The van der Waals surface area contributed by atoms with Gasteiger partial charge in [0.05, 0.1) is 5.92 Å². The zero-order valence-corrected chi connectivity index (χ0v) is 11.2. The average molecular weight is 287 g/mol. The summed E-state index contributed by atoms with van der Waals surface area (Å²) in [6, 6.07) is 6.08. The largest absolute Gasteiger partial charge is 0.550 e. The lowest BCUT2D eigenvalue weighted by Gasteiger charge is -2.28. The molecule has 1 aliphatic carbocycles. The van der Waals surface area contributed by atoms with Gasteiger partial charge in [0.25, 0.3) is 0 Å². The van der Waals surface area contributed by atoms with Gasteiger partial charge in [0, 0.05) is 23.1 Å². The van der Waals surface area contributed by atoms with Crippen LogP contribution < -0.4 is 16.2 Å². The summed E-state index contributed by atoms with van der Waals surface area (Å²) in [6.45, 7) is 0. The van der Waals surface area contributed by atoms with Gasteiger partial charge in [-0.25, -0.2) is 0 Å². The number of benzene rings is 1. The van der Waals surface area contributed by atoms with Crippen LogP contribution in [0.4, 0.5) is 5.69 Å². The van der Waals surface area contributed by atoms with Gasteiger partial charge in [-0.1, -0.05) is 12.2 Å². The van der Waals surface area contributed by atoms with Gasteiger partial charge < -0.3 is 21.0 Å². The van der Waals surface area contributed by atoms with E-state index in [1.807, 2.05) is 0 Å². The van der Waals surface area contributed by atoms with Crippen molar-refractivity contribution in [2.45, 2.75) is 12.8 Å². The molecule has 0 saturated heterocycles. The second kappa shape index (κ2) is 6.21. The number of hydrogen-bond acceptors (Lipinski definition) is 4. The maximum atomic E-state index is 12.2. The lowest BCUT2D eigenvalue weighted by molar-refractivity contribution is -0.313. The van der Waals surface area contributed by atoms with Crippen molar-refractivity contribution in [2.75, 3.05) is 5.32 Å². The number of rotatable bonds is 4. The first-order chi connectivity index (χ1) is 9.99. The SMILES string of the molecule is NC(=O)c1ccc(NC(=O)[C@@H]2CC=CC[C@H]2C(=O)[O-])cc1. The van der Waals surface area contributed by atoms with Crippen molar-refractivity contribution in [2.24, 2.45) is 17.6 Å². The van der Waals surface area contributed by atoms with Gasteiger partial charge in [0.1, 0.15) is 0 Å². The number of carboxylic acids is 1. The van der Waals surface area contributed by atoms with Crippen molar-refractivity contribution >= 4 is 23.5 Å². The second-order valence-electron chi connectivity index (χ2n) is 4.91. The molecule has 1 aromatic carbocycles. The highest BCUT2D eigenvalue weighted by Crippen LogP contribution is 2.26. The van der Waals surface area contributed by atoms with Crippen LogP contribution in [0.1, 0.15) is 23.2 Å². The highest BCUT2D eigenvalue weighted by Gasteiger charge is 2.29. The number of allylic oxidation sites excluding steroid dienone is 2. The lowest BCUT2D eigenvalue weighted by Crippen LogP contribution is -2.41. The standard InChI is InChI=1S/C15H16N2O4/c16-13(18)9-5-7-10(8-6-9)17-14(19)11-3-1-2-4-12(11)15(20)21/h1-2,5-8,11-12H,3-4H2,(H2,16,18)(H,17,19)(H,20,21)/p-1/t11-,12-/m1/s1. The first-order valence-corrected chi connectivity index (χ1v) is 6.55. The van der Waals surface area contributed by atoms with E-state index in [1.165, 1.54) is 12.1 Å².